The molecule has 0 spiro atoms. The highest BCUT2D eigenvalue weighted by Crippen LogP contribution is 2.30. The van der Waals surface area contributed by atoms with Gasteiger partial charge in [-0.05, 0) is 75.1 Å². The van der Waals surface area contributed by atoms with E-state index in [1.165, 1.54) is 24.7 Å². The van der Waals surface area contributed by atoms with Crippen molar-refractivity contribution in [2.24, 2.45) is 11.8 Å². The van der Waals surface area contributed by atoms with Crippen molar-refractivity contribution in [2.45, 2.75) is 103 Å². The lowest BCUT2D eigenvalue weighted by Gasteiger charge is -2.33. The molecule has 1 aliphatic heterocycles. The van der Waals surface area contributed by atoms with Gasteiger partial charge in [0.15, 0.2) is 0 Å². The molecule has 314 valence electrons. The minimum atomic E-state index is -1.80. The van der Waals surface area contributed by atoms with E-state index in [0.29, 0.717) is 55.8 Å². The van der Waals surface area contributed by atoms with Crippen molar-refractivity contribution < 1.29 is 48.7 Å². The molecule has 5 rings (SSSR count). The number of alkyl carbamates (subject to hydrolysis) is 1. The van der Waals surface area contributed by atoms with Gasteiger partial charge in [-0.15, -0.1) is 0 Å². The quantitative estimate of drug-likeness (QED) is 0.0398. The van der Waals surface area contributed by atoms with E-state index in [1.54, 1.807) is 10.8 Å². The van der Waals surface area contributed by atoms with Crippen LogP contribution in [0.25, 0.3) is 5.82 Å². The number of ether oxygens (including phenoxy) is 2. The van der Waals surface area contributed by atoms with Crippen LogP contribution in [0.5, 0.6) is 0 Å². The Balaban J connectivity index is 0.000000519. The van der Waals surface area contributed by atoms with Gasteiger partial charge in [-0.2, -0.15) is 4.98 Å². The molecule has 7 N–H and O–H groups in total. The van der Waals surface area contributed by atoms with Crippen LogP contribution in [0, 0.1) is 24.6 Å². The highest BCUT2D eigenvalue weighted by molar-refractivity contribution is 6.30. The average molecular weight is 821 g/mol. The number of aryl methyl sites for hydroxylation is 1. The second-order valence-corrected chi connectivity index (χ2v) is 14.9. The third-order valence-electron chi connectivity index (χ3n) is 9.87. The van der Waals surface area contributed by atoms with Crippen molar-refractivity contribution in [3.05, 3.63) is 64.6 Å². The fraction of sp³-hybridized carbons (Fsp3) is 0.579. The summed E-state index contributed by atoms with van der Waals surface area (Å²) in [5.41, 5.74) is 3.24. The molecule has 5 atom stereocenters. The van der Waals surface area contributed by atoms with Crippen LogP contribution in [-0.4, -0.2) is 97.6 Å². The number of nitrogens with zero attached hydrogens (tertiary/aromatic N) is 4. The monoisotopic (exact) mass is 820 g/mol. The average Bonchev–Trinajstić information content (AvgIpc) is 3.69. The molecule has 2 fully saturated rings. The van der Waals surface area contributed by atoms with Crippen molar-refractivity contribution in [1.82, 2.24) is 35.6 Å². The third-order valence-corrected chi connectivity index (χ3v) is 10.1. The zero-order valence-electron chi connectivity index (χ0n) is 32.5. The SMILES string of the molecule is CCC(CCNO)CC(C)C=O.Cc1cnc(NC2CCOCC2)nc1-n1cnc(C(=O)NC(CNC(=O)OC2CCCC(O)(OO)C2)c2cc(F)cc(Cl)c2)c1. The summed E-state index contributed by atoms with van der Waals surface area (Å²) in [6.45, 7) is 7.64. The lowest BCUT2D eigenvalue weighted by atomic mass is 9.92. The number of aliphatic hydroxyl groups is 1. The summed E-state index contributed by atoms with van der Waals surface area (Å²) in [6, 6.07) is 3.05. The van der Waals surface area contributed by atoms with E-state index < -0.39 is 35.8 Å². The topological polar surface area (TPSA) is 231 Å². The first-order valence-electron chi connectivity index (χ1n) is 19.2. The van der Waals surface area contributed by atoms with Crippen LogP contribution < -0.4 is 21.4 Å². The lowest BCUT2D eigenvalue weighted by Crippen LogP contribution is -2.43. The number of amides is 2. The van der Waals surface area contributed by atoms with Crippen LogP contribution in [0.4, 0.5) is 15.1 Å². The summed E-state index contributed by atoms with van der Waals surface area (Å²) in [5.74, 6) is -1.35. The number of hydrogen-bond acceptors (Lipinski definition) is 14. The molecule has 1 saturated heterocycles. The number of anilines is 1. The van der Waals surface area contributed by atoms with E-state index in [0.717, 1.165) is 50.0 Å². The summed E-state index contributed by atoms with van der Waals surface area (Å²) in [4.78, 5) is 53.7. The molecular formula is C38H54ClFN8O9. The zero-order valence-corrected chi connectivity index (χ0v) is 33.2. The number of nitrogens with one attached hydrogen (secondary N) is 4. The molecule has 1 aromatic carbocycles. The number of hydroxylamine groups is 1. The van der Waals surface area contributed by atoms with E-state index in [1.807, 2.05) is 13.8 Å². The Morgan fingerprint density at radius 3 is 2.67 bits per heavy atom. The molecule has 3 aromatic rings. The second kappa shape index (κ2) is 22.6. The number of carbonyl (C=O) groups excluding carboxylic acids is 3. The van der Waals surface area contributed by atoms with Gasteiger partial charge in [-0.3, -0.25) is 9.36 Å². The Kier molecular flexibility index (Phi) is 18.0. The fourth-order valence-electron chi connectivity index (χ4n) is 6.67. The molecule has 1 saturated carbocycles. The molecule has 5 unspecified atom stereocenters. The highest BCUT2D eigenvalue weighted by atomic mass is 35.5. The summed E-state index contributed by atoms with van der Waals surface area (Å²) in [5, 5.41) is 36.3. The van der Waals surface area contributed by atoms with Gasteiger partial charge in [-0.25, -0.2) is 34.8 Å². The zero-order chi connectivity index (χ0) is 41.4. The summed E-state index contributed by atoms with van der Waals surface area (Å²) < 4.78 is 26.7. The largest absolute Gasteiger partial charge is 0.446 e. The summed E-state index contributed by atoms with van der Waals surface area (Å²) in [7, 11) is 0. The van der Waals surface area contributed by atoms with Gasteiger partial charge in [0, 0.05) is 74.1 Å². The number of rotatable bonds is 17. The van der Waals surface area contributed by atoms with E-state index in [9.17, 15) is 23.9 Å². The van der Waals surface area contributed by atoms with Crippen molar-refractivity contribution in [3.63, 3.8) is 0 Å². The summed E-state index contributed by atoms with van der Waals surface area (Å²) in [6.07, 6.45) is 9.71. The predicted octanol–water partition coefficient (Wildman–Crippen LogP) is 5.28. The van der Waals surface area contributed by atoms with Gasteiger partial charge in [0.2, 0.25) is 11.7 Å². The Labute approximate surface area is 336 Å². The first-order valence-corrected chi connectivity index (χ1v) is 19.5. The number of hydrogen-bond donors (Lipinski definition) is 7. The van der Waals surface area contributed by atoms with Crippen LogP contribution >= 0.6 is 11.6 Å². The smallest absolute Gasteiger partial charge is 0.407 e. The number of aldehydes is 1. The van der Waals surface area contributed by atoms with Gasteiger partial charge in [0.25, 0.3) is 5.91 Å². The number of carbonyl (C=O) groups is 3. The molecule has 1 aliphatic carbocycles. The van der Waals surface area contributed by atoms with E-state index >= 15 is 0 Å². The molecule has 2 aromatic heterocycles. The molecule has 0 radical (unpaired) electrons. The van der Waals surface area contributed by atoms with Gasteiger partial charge in [-0.1, -0.05) is 31.9 Å². The van der Waals surface area contributed by atoms with Crippen LogP contribution in [0.2, 0.25) is 5.02 Å². The first-order chi connectivity index (χ1) is 27.3. The maximum Gasteiger partial charge on any atom is 0.407 e. The Morgan fingerprint density at radius 2 is 1.98 bits per heavy atom. The molecular weight excluding hydrogens is 767 g/mol. The van der Waals surface area contributed by atoms with E-state index in [4.69, 9.17) is 31.5 Å². The number of aromatic nitrogens is 4. The maximum atomic E-state index is 14.3. The van der Waals surface area contributed by atoms with E-state index in [2.05, 4.69) is 48.2 Å². The Bertz CT molecular complexity index is 1730. The fourth-order valence-corrected chi connectivity index (χ4v) is 6.90. The first kappa shape index (κ1) is 45.4. The molecule has 19 heteroatoms. The van der Waals surface area contributed by atoms with Gasteiger partial charge >= 0.3 is 6.09 Å². The second-order valence-electron chi connectivity index (χ2n) is 14.5. The molecule has 0 bridgehead atoms. The molecule has 3 heterocycles. The summed E-state index contributed by atoms with van der Waals surface area (Å²) >= 11 is 6.08. The van der Waals surface area contributed by atoms with Crippen molar-refractivity contribution in [2.75, 3.05) is 31.6 Å². The highest BCUT2D eigenvalue weighted by Gasteiger charge is 2.38. The lowest BCUT2D eigenvalue weighted by molar-refractivity contribution is -0.403. The maximum absolute atomic E-state index is 14.3. The Morgan fingerprint density at radius 1 is 1.21 bits per heavy atom. The van der Waals surface area contributed by atoms with Crippen molar-refractivity contribution >= 4 is 35.8 Å². The van der Waals surface area contributed by atoms with Gasteiger partial charge < -0.3 is 40.5 Å². The predicted molar refractivity (Wildman–Crippen MR) is 206 cm³/mol. The van der Waals surface area contributed by atoms with Crippen LogP contribution in [0.15, 0.2) is 36.9 Å². The normalized spacial score (nSPS) is 20.0. The van der Waals surface area contributed by atoms with Crippen LogP contribution in [-0.2, 0) is 19.2 Å². The number of imidazole rings is 1. The van der Waals surface area contributed by atoms with Crippen LogP contribution in [0.3, 0.4) is 0 Å². The molecule has 2 aliphatic rings. The van der Waals surface area contributed by atoms with Gasteiger partial charge in [0.1, 0.15) is 36.0 Å². The van der Waals surface area contributed by atoms with Gasteiger partial charge in [0.05, 0.1) is 6.04 Å². The number of halogens is 2. The Hall–Kier alpha value is -4.30. The third kappa shape index (κ3) is 14.5. The molecule has 2 amide bonds. The number of benzene rings is 1. The van der Waals surface area contributed by atoms with E-state index in [-0.39, 0.29) is 42.1 Å². The minimum Gasteiger partial charge on any atom is -0.446 e. The molecule has 57 heavy (non-hydrogen) atoms. The van der Waals surface area contributed by atoms with Crippen LogP contribution in [0.1, 0.15) is 99.3 Å². The van der Waals surface area contributed by atoms with Crippen molar-refractivity contribution in [3.8, 4) is 5.82 Å². The molecule has 17 nitrogen and oxygen atoms in total. The van der Waals surface area contributed by atoms with Crippen molar-refractivity contribution in [1.29, 1.82) is 0 Å². The minimum absolute atomic E-state index is 0.0486. The standard InChI is InChI=1S/C29H35ClFN7O7.C9H19NO2/c1-17-13-32-27(35-21-4-7-43-8-5-21)37-25(17)38-15-24(34-16-38)26(39)36-23(18-9-19(30)11-20(31)10-18)14-33-28(40)44-22-3-2-6-29(41,12-22)45-42;1-3-9(4-5-10-12)6-8(2)7-11/h9-11,13,15-16,21-23,41-42H,2-8,12,14H2,1H3,(H,33,40)(H,36,39)(H,32,35,37);7-10,12H,3-6H2,1-2H3.